The maximum atomic E-state index is 12.0. The molecule has 0 atom stereocenters. The van der Waals surface area contributed by atoms with Gasteiger partial charge in [0.05, 0.1) is 9.75 Å². The summed E-state index contributed by atoms with van der Waals surface area (Å²) in [5.41, 5.74) is 0.928. The normalized spacial score (nSPS) is 9.58. The lowest BCUT2D eigenvalue weighted by Gasteiger charge is -2.00. The van der Waals surface area contributed by atoms with Crippen molar-refractivity contribution in [3.63, 3.8) is 0 Å². The summed E-state index contributed by atoms with van der Waals surface area (Å²) < 4.78 is 0. The van der Waals surface area contributed by atoms with Gasteiger partial charge in [-0.05, 0) is 30.7 Å². The highest BCUT2D eigenvalue weighted by molar-refractivity contribution is 7.14. The van der Waals surface area contributed by atoms with Crippen LogP contribution in [0.5, 0.6) is 0 Å². The molecule has 0 aliphatic carbocycles. The molecule has 96 valence electrons. The largest absolute Gasteiger partial charge is 0.384 e. The van der Waals surface area contributed by atoms with Crippen LogP contribution in [0.4, 0.5) is 5.82 Å². The third-order valence-electron chi connectivity index (χ3n) is 2.33. The van der Waals surface area contributed by atoms with E-state index in [-0.39, 0.29) is 12.5 Å². The van der Waals surface area contributed by atoms with Crippen molar-refractivity contribution >= 4 is 23.1 Å². The second kappa shape index (κ2) is 6.14. The van der Waals surface area contributed by atoms with Crippen molar-refractivity contribution in [3.05, 3.63) is 45.8 Å². The number of rotatable bonds is 2. The van der Waals surface area contributed by atoms with Crippen LogP contribution < -0.4 is 5.32 Å². The highest BCUT2D eigenvalue weighted by atomic mass is 32.1. The second-order valence-corrected chi connectivity index (χ2v) is 4.80. The van der Waals surface area contributed by atoms with Crippen LogP contribution in [0.1, 0.15) is 20.1 Å². The van der Waals surface area contributed by atoms with E-state index >= 15 is 0 Å². The van der Waals surface area contributed by atoms with E-state index in [1.54, 1.807) is 30.5 Å². The number of aromatic nitrogens is 1. The first-order valence-corrected chi connectivity index (χ1v) is 6.45. The molecule has 1 amide bonds. The molecule has 0 radical (unpaired) electrons. The van der Waals surface area contributed by atoms with Gasteiger partial charge in [-0.1, -0.05) is 17.9 Å². The third-order valence-corrected chi connectivity index (χ3v) is 3.48. The molecule has 0 fully saturated rings. The average molecular weight is 272 g/mol. The number of carbonyl (C=O) groups is 1. The topological polar surface area (TPSA) is 62.2 Å². The molecule has 19 heavy (non-hydrogen) atoms. The molecule has 0 saturated carbocycles. The highest BCUT2D eigenvalue weighted by Crippen LogP contribution is 2.21. The molecule has 0 unspecified atom stereocenters. The van der Waals surface area contributed by atoms with E-state index in [4.69, 9.17) is 5.11 Å². The third kappa shape index (κ3) is 3.41. The fourth-order valence-corrected chi connectivity index (χ4v) is 2.39. The standard InChI is InChI=1S/C14H12N2O2S/c1-10-9-12(19-11(10)5-4-8-17)14(18)16-13-6-2-3-7-15-13/h2-3,6-7,9,17H,8H2,1H3,(H,15,16,18). The van der Waals surface area contributed by atoms with E-state index in [1.165, 1.54) is 11.3 Å². The summed E-state index contributed by atoms with van der Waals surface area (Å²) in [6, 6.07) is 7.10. The van der Waals surface area contributed by atoms with Gasteiger partial charge < -0.3 is 10.4 Å². The van der Waals surface area contributed by atoms with Crippen LogP contribution in [0.2, 0.25) is 0 Å². The monoisotopic (exact) mass is 272 g/mol. The number of pyridine rings is 1. The zero-order valence-electron chi connectivity index (χ0n) is 10.3. The number of aryl methyl sites for hydroxylation is 1. The Kier molecular flexibility index (Phi) is 4.29. The van der Waals surface area contributed by atoms with Gasteiger partial charge in [0.25, 0.3) is 5.91 Å². The Labute approximate surface area is 115 Å². The first-order valence-electron chi connectivity index (χ1n) is 5.63. The summed E-state index contributed by atoms with van der Waals surface area (Å²) in [5.74, 6) is 5.71. The van der Waals surface area contributed by atoms with E-state index in [2.05, 4.69) is 22.1 Å². The van der Waals surface area contributed by atoms with E-state index in [1.807, 2.05) is 6.92 Å². The summed E-state index contributed by atoms with van der Waals surface area (Å²) in [6.45, 7) is 1.70. The number of carbonyl (C=O) groups excluding carboxylic acids is 1. The van der Waals surface area contributed by atoms with Gasteiger partial charge in [0.15, 0.2) is 0 Å². The summed E-state index contributed by atoms with van der Waals surface area (Å²) in [4.78, 5) is 17.4. The average Bonchev–Trinajstić information content (AvgIpc) is 2.79. The molecule has 2 heterocycles. The van der Waals surface area contributed by atoms with E-state index < -0.39 is 0 Å². The van der Waals surface area contributed by atoms with Crippen molar-refractivity contribution in [2.45, 2.75) is 6.92 Å². The van der Waals surface area contributed by atoms with Crippen molar-refractivity contribution in [2.24, 2.45) is 0 Å². The second-order valence-electron chi connectivity index (χ2n) is 3.75. The fourth-order valence-electron chi connectivity index (χ4n) is 1.45. The summed E-state index contributed by atoms with van der Waals surface area (Å²) in [6.07, 6.45) is 1.62. The molecule has 0 bridgehead atoms. The number of anilines is 1. The zero-order valence-corrected chi connectivity index (χ0v) is 11.1. The molecule has 2 N–H and O–H groups in total. The molecule has 0 saturated heterocycles. The van der Waals surface area contributed by atoms with Gasteiger partial charge in [-0.25, -0.2) is 4.98 Å². The SMILES string of the molecule is Cc1cc(C(=O)Nc2ccccn2)sc1C#CCO. The van der Waals surface area contributed by atoms with Crippen LogP contribution in [0, 0.1) is 18.8 Å². The summed E-state index contributed by atoms with van der Waals surface area (Å²) in [7, 11) is 0. The number of thiophene rings is 1. The van der Waals surface area contributed by atoms with Crippen LogP contribution in [-0.2, 0) is 0 Å². The number of nitrogens with zero attached hydrogens (tertiary/aromatic N) is 1. The van der Waals surface area contributed by atoms with Gasteiger partial charge in [-0.15, -0.1) is 11.3 Å². The molecule has 2 rings (SSSR count). The number of aliphatic hydroxyl groups is 1. The lowest BCUT2D eigenvalue weighted by Crippen LogP contribution is -2.10. The van der Waals surface area contributed by atoms with Crippen LogP contribution in [0.3, 0.4) is 0 Å². The van der Waals surface area contributed by atoms with Gasteiger partial charge in [-0.3, -0.25) is 4.79 Å². The number of amides is 1. The molecule has 2 aromatic heterocycles. The Bertz CT molecular complexity index is 638. The van der Waals surface area contributed by atoms with Gasteiger partial charge >= 0.3 is 0 Å². The molecule has 4 nitrogen and oxygen atoms in total. The van der Waals surface area contributed by atoms with Crippen LogP contribution in [0.15, 0.2) is 30.5 Å². The predicted molar refractivity (Wildman–Crippen MR) is 75.2 cm³/mol. The molecular weight excluding hydrogens is 260 g/mol. The first-order chi connectivity index (χ1) is 9.20. The van der Waals surface area contributed by atoms with E-state index in [0.29, 0.717) is 10.7 Å². The van der Waals surface area contributed by atoms with Gasteiger partial charge in [0.1, 0.15) is 12.4 Å². The Balaban J connectivity index is 2.16. The van der Waals surface area contributed by atoms with Gasteiger partial charge in [0.2, 0.25) is 0 Å². The lowest BCUT2D eigenvalue weighted by molar-refractivity contribution is 0.103. The summed E-state index contributed by atoms with van der Waals surface area (Å²) in [5, 5.41) is 11.4. The van der Waals surface area contributed by atoms with Gasteiger partial charge in [-0.2, -0.15) is 0 Å². The molecule has 0 spiro atoms. The van der Waals surface area contributed by atoms with Crippen molar-refractivity contribution in [1.82, 2.24) is 4.98 Å². The minimum atomic E-state index is -0.205. The molecular formula is C14H12N2O2S. The maximum absolute atomic E-state index is 12.0. The lowest BCUT2D eigenvalue weighted by atomic mass is 10.2. The van der Waals surface area contributed by atoms with Gasteiger partial charge in [0, 0.05) is 6.20 Å². The van der Waals surface area contributed by atoms with Crippen molar-refractivity contribution < 1.29 is 9.90 Å². The zero-order chi connectivity index (χ0) is 13.7. The molecule has 0 aliphatic heterocycles. The quantitative estimate of drug-likeness (QED) is 0.822. The molecule has 2 aromatic rings. The Morgan fingerprint density at radius 1 is 1.53 bits per heavy atom. The number of hydrogen-bond acceptors (Lipinski definition) is 4. The highest BCUT2D eigenvalue weighted by Gasteiger charge is 2.11. The molecule has 5 heteroatoms. The molecule has 0 aliphatic rings. The minimum absolute atomic E-state index is 0.188. The van der Waals surface area contributed by atoms with Crippen LogP contribution >= 0.6 is 11.3 Å². The smallest absolute Gasteiger partial charge is 0.266 e. The Morgan fingerprint density at radius 2 is 2.37 bits per heavy atom. The Hall–Kier alpha value is -2.16. The van der Waals surface area contributed by atoms with E-state index in [9.17, 15) is 4.79 Å². The maximum Gasteiger partial charge on any atom is 0.266 e. The number of nitrogens with one attached hydrogen (secondary N) is 1. The van der Waals surface area contributed by atoms with Crippen molar-refractivity contribution in [1.29, 1.82) is 0 Å². The van der Waals surface area contributed by atoms with Crippen LogP contribution in [0.25, 0.3) is 0 Å². The number of aliphatic hydroxyl groups excluding tert-OH is 1. The summed E-state index contributed by atoms with van der Waals surface area (Å²) >= 11 is 1.30. The minimum Gasteiger partial charge on any atom is -0.384 e. The van der Waals surface area contributed by atoms with Crippen molar-refractivity contribution in [3.8, 4) is 11.8 Å². The molecule has 0 aromatic carbocycles. The predicted octanol–water partition coefficient (Wildman–Crippen LogP) is 2.05. The Morgan fingerprint density at radius 3 is 3.05 bits per heavy atom. The number of hydrogen-bond donors (Lipinski definition) is 2. The fraction of sp³-hybridized carbons (Fsp3) is 0.143. The van der Waals surface area contributed by atoms with Crippen molar-refractivity contribution in [2.75, 3.05) is 11.9 Å². The first kappa shape index (κ1) is 13.3. The van der Waals surface area contributed by atoms with Crippen LogP contribution in [-0.4, -0.2) is 22.6 Å². The van der Waals surface area contributed by atoms with E-state index in [0.717, 1.165) is 10.4 Å².